The Morgan fingerprint density at radius 2 is 1.00 bits per heavy atom. The lowest BCUT2D eigenvalue weighted by atomic mass is 10.2. The van der Waals surface area contributed by atoms with E-state index >= 15 is 0 Å². The minimum atomic E-state index is 0.770. The Hall–Kier alpha value is -3.00. The largest absolute Gasteiger partial charge is 0.256 e. The van der Waals surface area contributed by atoms with Crippen molar-refractivity contribution in [3.05, 3.63) is 96.1 Å². The Morgan fingerprint density at radius 1 is 0.545 bits per heavy atom. The summed E-state index contributed by atoms with van der Waals surface area (Å²) < 4.78 is 0. The molecule has 0 unspecified atom stereocenters. The van der Waals surface area contributed by atoms with E-state index in [1.807, 2.05) is 91.3 Å². The molecule has 0 N–H and O–H groups in total. The fourth-order valence-corrected chi connectivity index (χ4v) is 1.96. The van der Waals surface area contributed by atoms with Crippen LogP contribution in [0.3, 0.4) is 0 Å². The predicted octanol–water partition coefficient (Wildman–Crippen LogP) is 4.99. The lowest BCUT2D eigenvalue weighted by molar-refractivity contribution is 1.46. The number of aliphatic imine (C=N–C) groups is 2. The maximum absolute atomic E-state index is 4.44. The molecule has 0 fully saturated rings. The van der Waals surface area contributed by atoms with Crippen molar-refractivity contribution >= 4 is 23.8 Å². The van der Waals surface area contributed by atoms with Gasteiger partial charge in [-0.25, -0.2) is 0 Å². The standard InChI is InChI=1S/C20H15N2/c1-3-8-17(9-4-1)15-21-19-12-7-13-20(14-19)22-16-18-10-5-2-6-11-18/h1-13,15-16H. The molecule has 2 heteroatoms. The summed E-state index contributed by atoms with van der Waals surface area (Å²) >= 11 is 0. The Kier molecular flexibility index (Phi) is 4.53. The van der Waals surface area contributed by atoms with Crippen LogP contribution in [0.4, 0.5) is 11.4 Å². The van der Waals surface area contributed by atoms with Gasteiger partial charge in [0, 0.05) is 18.5 Å². The number of rotatable bonds is 4. The third kappa shape index (κ3) is 4.00. The van der Waals surface area contributed by atoms with Crippen molar-refractivity contribution < 1.29 is 0 Å². The summed E-state index contributed by atoms with van der Waals surface area (Å²) in [5.41, 5.74) is 3.67. The van der Waals surface area contributed by atoms with Gasteiger partial charge in [0.1, 0.15) is 0 Å². The van der Waals surface area contributed by atoms with E-state index in [-0.39, 0.29) is 0 Å². The highest BCUT2D eigenvalue weighted by molar-refractivity contribution is 5.83. The zero-order valence-corrected chi connectivity index (χ0v) is 12.1. The van der Waals surface area contributed by atoms with Crippen molar-refractivity contribution in [3.63, 3.8) is 0 Å². The van der Waals surface area contributed by atoms with Gasteiger partial charge < -0.3 is 0 Å². The third-order valence-corrected chi connectivity index (χ3v) is 3.07. The van der Waals surface area contributed by atoms with Gasteiger partial charge in [-0.1, -0.05) is 66.7 Å². The molecule has 2 nitrogen and oxygen atoms in total. The molecular weight excluding hydrogens is 268 g/mol. The van der Waals surface area contributed by atoms with Crippen LogP contribution in [0.2, 0.25) is 0 Å². The van der Waals surface area contributed by atoms with Gasteiger partial charge in [0.15, 0.2) is 0 Å². The molecule has 0 amide bonds. The molecule has 0 bridgehead atoms. The second-order valence-electron chi connectivity index (χ2n) is 4.76. The first-order valence-electron chi connectivity index (χ1n) is 7.11. The molecule has 0 saturated carbocycles. The summed E-state index contributed by atoms with van der Waals surface area (Å²) in [6, 6.07) is 29.0. The number of hydrogen-bond donors (Lipinski definition) is 0. The maximum atomic E-state index is 4.44. The van der Waals surface area contributed by atoms with Crippen LogP contribution >= 0.6 is 0 Å². The number of benzene rings is 3. The minimum absolute atomic E-state index is 0.770. The van der Waals surface area contributed by atoms with E-state index in [4.69, 9.17) is 0 Å². The summed E-state index contributed by atoms with van der Waals surface area (Å²) in [7, 11) is 0. The minimum Gasteiger partial charge on any atom is -0.256 e. The van der Waals surface area contributed by atoms with Gasteiger partial charge >= 0.3 is 0 Å². The van der Waals surface area contributed by atoms with Gasteiger partial charge in [0.2, 0.25) is 0 Å². The molecule has 0 atom stereocenters. The lowest BCUT2D eigenvalue weighted by Crippen LogP contribution is -1.79. The highest BCUT2D eigenvalue weighted by Gasteiger charge is 1.93. The molecule has 0 heterocycles. The Morgan fingerprint density at radius 3 is 1.45 bits per heavy atom. The van der Waals surface area contributed by atoms with Gasteiger partial charge in [-0.3, -0.25) is 9.98 Å². The number of hydrogen-bond acceptors (Lipinski definition) is 2. The summed E-state index contributed by atoms with van der Waals surface area (Å²) in [6.07, 6.45) is 3.66. The van der Waals surface area contributed by atoms with Crippen LogP contribution in [0.15, 0.2) is 88.8 Å². The number of nitrogens with zero attached hydrogens (tertiary/aromatic N) is 2. The predicted molar refractivity (Wildman–Crippen MR) is 92.7 cm³/mol. The van der Waals surface area contributed by atoms with E-state index in [1.54, 1.807) is 0 Å². The highest BCUT2D eigenvalue weighted by atomic mass is 14.7. The quantitative estimate of drug-likeness (QED) is 0.603. The van der Waals surface area contributed by atoms with Crippen molar-refractivity contribution in [1.82, 2.24) is 0 Å². The molecular formula is C20H15N2. The van der Waals surface area contributed by atoms with Gasteiger partial charge in [0.25, 0.3) is 0 Å². The molecule has 0 aliphatic carbocycles. The fraction of sp³-hybridized carbons (Fsp3) is 0. The summed E-state index contributed by atoms with van der Waals surface area (Å²) in [5.74, 6) is 0. The molecule has 3 rings (SSSR count). The Labute approximate surface area is 130 Å². The van der Waals surface area contributed by atoms with Crippen LogP contribution in [0.25, 0.3) is 0 Å². The molecule has 0 saturated heterocycles. The van der Waals surface area contributed by atoms with Crippen molar-refractivity contribution in [1.29, 1.82) is 0 Å². The van der Waals surface area contributed by atoms with E-state index in [0.29, 0.717) is 0 Å². The topological polar surface area (TPSA) is 24.7 Å². The zero-order chi connectivity index (χ0) is 15.0. The van der Waals surface area contributed by atoms with Crippen molar-refractivity contribution in [2.75, 3.05) is 0 Å². The molecule has 0 aromatic heterocycles. The SMILES string of the molecule is [c]1c(N=Cc2ccccc2)cccc1N=Cc1ccccc1. The van der Waals surface area contributed by atoms with Gasteiger partial charge in [0.05, 0.1) is 11.4 Å². The average Bonchev–Trinajstić information content (AvgIpc) is 2.60. The van der Waals surface area contributed by atoms with Crippen LogP contribution in [0.1, 0.15) is 11.1 Å². The smallest absolute Gasteiger partial charge is 0.0731 e. The molecule has 3 aromatic carbocycles. The third-order valence-electron chi connectivity index (χ3n) is 3.07. The van der Waals surface area contributed by atoms with Gasteiger partial charge in [-0.2, -0.15) is 0 Å². The molecule has 0 aliphatic heterocycles. The van der Waals surface area contributed by atoms with Crippen molar-refractivity contribution in [2.45, 2.75) is 0 Å². The lowest BCUT2D eigenvalue weighted by Gasteiger charge is -1.97. The van der Waals surface area contributed by atoms with Crippen molar-refractivity contribution in [2.24, 2.45) is 9.98 Å². The molecule has 1 radical (unpaired) electrons. The molecule has 105 valence electrons. The van der Waals surface area contributed by atoms with Gasteiger partial charge in [-0.15, -0.1) is 0 Å². The highest BCUT2D eigenvalue weighted by Crippen LogP contribution is 2.19. The van der Waals surface area contributed by atoms with Gasteiger partial charge in [-0.05, 0) is 23.3 Å². The summed E-state index contributed by atoms with van der Waals surface area (Å²) in [6.45, 7) is 0. The first-order chi connectivity index (χ1) is 10.9. The van der Waals surface area contributed by atoms with Crippen LogP contribution in [0, 0.1) is 6.07 Å². The Balaban J connectivity index is 1.75. The second-order valence-corrected chi connectivity index (χ2v) is 4.76. The van der Waals surface area contributed by atoms with E-state index in [0.717, 1.165) is 22.5 Å². The fourth-order valence-electron chi connectivity index (χ4n) is 1.96. The summed E-state index contributed by atoms with van der Waals surface area (Å²) in [5, 5.41) is 0. The van der Waals surface area contributed by atoms with E-state index < -0.39 is 0 Å². The van der Waals surface area contributed by atoms with Crippen LogP contribution in [-0.4, -0.2) is 12.4 Å². The first-order valence-corrected chi connectivity index (χ1v) is 7.11. The molecule has 3 aromatic rings. The van der Waals surface area contributed by atoms with Crippen LogP contribution < -0.4 is 0 Å². The molecule has 22 heavy (non-hydrogen) atoms. The normalized spacial score (nSPS) is 11.3. The van der Waals surface area contributed by atoms with Crippen molar-refractivity contribution in [3.8, 4) is 0 Å². The first kappa shape index (κ1) is 14.0. The van der Waals surface area contributed by atoms with Crippen LogP contribution in [0.5, 0.6) is 0 Å². The molecule has 0 spiro atoms. The van der Waals surface area contributed by atoms with E-state index in [1.165, 1.54) is 0 Å². The van der Waals surface area contributed by atoms with E-state index in [2.05, 4.69) is 16.1 Å². The van der Waals surface area contributed by atoms with E-state index in [9.17, 15) is 0 Å². The Bertz CT molecular complexity index is 710. The van der Waals surface area contributed by atoms with Crippen LogP contribution in [-0.2, 0) is 0 Å². The molecule has 0 aliphatic rings. The maximum Gasteiger partial charge on any atom is 0.0731 e. The second kappa shape index (κ2) is 7.14. The average molecular weight is 283 g/mol. The zero-order valence-electron chi connectivity index (χ0n) is 12.1. The monoisotopic (exact) mass is 283 g/mol. The summed E-state index contributed by atoms with van der Waals surface area (Å²) in [4.78, 5) is 8.88.